The number of hydrogen-bond acceptors (Lipinski definition) is 7. The highest BCUT2D eigenvalue weighted by molar-refractivity contribution is 6.00. The lowest BCUT2D eigenvalue weighted by molar-refractivity contribution is 0.0527. The minimum atomic E-state index is -0.0661. The number of aliphatic hydroxyl groups excluding tert-OH is 1. The third-order valence-corrected chi connectivity index (χ3v) is 7.89. The van der Waals surface area contributed by atoms with Gasteiger partial charge in [0.25, 0.3) is 5.91 Å². The van der Waals surface area contributed by atoms with E-state index < -0.39 is 0 Å². The SMILES string of the molecule is COC1CCCC[C@H]1c1c[nH]c2ncc(-c3cnc(N4CCN(CCO)CC4)c(C(=O)N(C)C)c3)cc12. The van der Waals surface area contributed by atoms with Crippen molar-refractivity contribution in [3.05, 3.63) is 41.9 Å². The van der Waals surface area contributed by atoms with Gasteiger partial charge in [0, 0.05) is 95.0 Å². The number of carbonyl (C=O) groups excluding carboxylic acids is 1. The minimum absolute atomic E-state index is 0.0661. The number of rotatable bonds is 7. The highest BCUT2D eigenvalue weighted by Gasteiger charge is 2.29. The summed E-state index contributed by atoms with van der Waals surface area (Å²) in [6.45, 7) is 4.03. The van der Waals surface area contributed by atoms with Gasteiger partial charge in [0.15, 0.2) is 0 Å². The zero-order valence-electron chi connectivity index (χ0n) is 22.1. The maximum absolute atomic E-state index is 13.2. The topological polar surface area (TPSA) is 97.8 Å². The average Bonchev–Trinajstić information content (AvgIpc) is 3.36. The van der Waals surface area contributed by atoms with Crippen molar-refractivity contribution in [2.24, 2.45) is 0 Å². The molecule has 9 nitrogen and oxygen atoms in total. The minimum Gasteiger partial charge on any atom is -0.395 e. The first kappa shape index (κ1) is 25.6. The summed E-state index contributed by atoms with van der Waals surface area (Å²) in [5.41, 5.74) is 4.54. The van der Waals surface area contributed by atoms with Gasteiger partial charge in [-0.25, -0.2) is 9.97 Å². The van der Waals surface area contributed by atoms with Crippen LogP contribution in [-0.2, 0) is 4.74 Å². The van der Waals surface area contributed by atoms with Crippen LogP contribution in [0.2, 0.25) is 0 Å². The zero-order chi connectivity index (χ0) is 25.9. The highest BCUT2D eigenvalue weighted by Crippen LogP contribution is 2.39. The number of hydrogen-bond donors (Lipinski definition) is 2. The normalized spacial score (nSPS) is 20.9. The summed E-state index contributed by atoms with van der Waals surface area (Å²) >= 11 is 0. The summed E-state index contributed by atoms with van der Waals surface area (Å²) in [5, 5.41) is 10.4. The Morgan fingerprint density at radius 2 is 1.84 bits per heavy atom. The zero-order valence-corrected chi connectivity index (χ0v) is 22.1. The van der Waals surface area contributed by atoms with E-state index in [2.05, 4.69) is 27.0 Å². The van der Waals surface area contributed by atoms with Gasteiger partial charge >= 0.3 is 0 Å². The number of carbonyl (C=O) groups is 1. The number of anilines is 1. The fraction of sp³-hybridized carbons (Fsp3) is 0.536. The highest BCUT2D eigenvalue weighted by atomic mass is 16.5. The number of methoxy groups -OCH3 is 1. The van der Waals surface area contributed by atoms with Gasteiger partial charge in [0.2, 0.25) is 0 Å². The summed E-state index contributed by atoms with van der Waals surface area (Å²) in [6, 6.07) is 4.13. The van der Waals surface area contributed by atoms with E-state index in [1.54, 1.807) is 19.0 Å². The molecule has 2 N–H and O–H groups in total. The van der Waals surface area contributed by atoms with Crippen molar-refractivity contribution in [3.63, 3.8) is 0 Å². The number of nitrogens with one attached hydrogen (secondary N) is 1. The fourth-order valence-corrected chi connectivity index (χ4v) is 5.81. The molecule has 0 radical (unpaired) electrons. The standard InChI is InChI=1S/C28H38N6O3/c1-32(2)28(36)23-15-20(17-31-27(23)34-10-8-33(9-11-34)12-13-35)19-14-22-24(18-30-26(22)29-16-19)21-6-4-5-7-25(21)37-3/h14-18,21,25,35H,4-13H2,1-3H3,(H,29,30)/t21-,25?/m0/s1. The molecule has 0 bridgehead atoms. The number of pyridine rings is 2. The molecule has 3 aromatic heterocycles. The average molecular weight is 507 g/mol. The number of aromatic amines is 1. The van der Waals surface area contributed by atoms with E-state index in [1.807, 2.05) is 25.6 Å². The Morgan fingerprint density at radius 1 is 1.11 bits per heavy atom. The van der Waals surface area contributed by atoms with Crippen LogP contribution < -0.4 is 4.90 Å². The molecule has 1 aliphatic carbocycles. The van der Waals surface area contributed by atoms with Gasteiger partial charge in [-0.15, -0.1) is 0 Å². The molecule has 5 rings (SSSR count). The molecule has 37 heavy (non-hydrogen) atoms. The van der Waals surface area contributed by atoms with Crippen LogP contribution in [0.15, 0.2) is 30.7 Å². The van der Waals surface area contributed by atoms with Gasteiger partial charge in [0.05, 0.1) is 18.3 Å². The van der Waals surface area contributed by atoms with Gasteiger partial charge in [-0.05, 0) is 30.5 Å². The van der Waals surface area contributed by atoms with Crippen LogP contribution in [0.4, 0.5) is 5.82 Å². The Morgan fingerprint density at radius 3 is 2.57 bits per heavy atom. The Kier molecular flexibility index (Phi) is 7.73. The van der Waals surface area contributed by atoms with Crippen molar-refractivity contribution in [3.8, 4) is 11.1 Å². The van der Waals surface area contributed by atoms with Crippen molar-refractivity contribution in [1.82, 2.24) is 24.8 Å². The second-order valence-corrected chi connectivity index (χ2v) is 10.4. The molecule has 3 aromatic rings. The van der Waals surface area contributed by atoms with Crippen LogP contribution in [0.5, 0.6) is 0 Å². The van der Waals surface area contributed by atoms with E-state index in [-0.39, 0.29) is 18.6 Å². The molecule has 1 aliphatic heterocycles. The van der Waals surface area contributed by atoms with Crippen LogP contribution >= 0.6 is 0 Å². The summed E-state index contributed by atoms with van der Waals surface area (Å²) in [6.07, 6.45) is 10.6. The van der Waals surface area contributed by atoms with E-state index in [1.165, 1.54) is 18.4 Å². The molecule has 4 heterocycles. The first-order valence-corrected chi connectivity index (χ1v) is 13.3. The lowest BCUT2D eigenvalue weighted by atomic mass is 9.81. The Hall–Kier alpha value is -3.01. The molecule has 0 spiro atoms. The van der Waals surface area contributed by atoms with Crippen molar-refractivity contribution in [2.75, 3.05) is 65.4 Å². The Balaban J connectivity index is 1.49. The van der Waals surface area contributed by atoms with E-state index in [0.29, 0.717) is 23.8 Å². The van der Waals surface area contributed by atoms with Crippen molar-refractivity contribution < 1.29 is 14.6 Å². The number of aromatic nitrogens is 3. The van der Waals surface area contributed by atoms with E-state index >= 15 is 0 Å². The van der Waals surface area contributed by atoms with E-state index in [4.69, 9.17) is 14.7 Å². The van der Waals surface area contributed by atoms with Crippen LogP contribution in [0.3, 0.4) is 0 Å². The molecule has 2 atom stereocenters. The predicted molar refractivity (Wildman–Crippen MR) is 145 cm³/mol. The largest absolute Gasteiger partial charge is 0.395 e. The molecule has 1 unspecified atom stereocenters. The van der Waals surface area contributed by atoms with E-state index in [9.17, 15) is 9.90 Å². The summed E-state index contributed by atoms with van der Waals surface area (Å²) in [5.74, 6) is 0.997. The molecule has 198 valence electrons. The fourth-order valence-electron chi connectivity index (χ4n) is 5.81. The number of fused-ring (bicyclic) bond motifs is 1. The van der Waals surface area contributed by atoms with Crippen molar-refractivity contribution in [2.45, 2.75) is 37.7 Å². The Labute approximate surface area is 218 Å². The van der Waals surface area contributed by atoms with Crippen LogP contribution in [-0.4, -0.2) is 102 Å². The summed E-state index contributed by atoms with van der Waals surface area (Å²) < 4.78 is 5.84. The molecule has 9 heteroatoms. The summed E-state index contributed by atoms with van der Waals surface area (Å²) in [4.78, 5) is 32.1. The van der Waals surface area contributed by atoms with Gasteiger partial charge in [0.1, 0.15) is 11.5 Å². The summed E-state index contributed by atoms with van der Waals surface area (Å²) in [7, 11) is 5.35. The number of amides is 1. The monoisotopic (exact) mass is 506 g/mol. The van der Waals surface area contributed by atoms with Crippen molar-refractivity contribution in [1.29, 1.82) is 0 Å². The quantitative estimate of drug-likeness (QED) is 0.508. The second-order valence-electron chi connectivity index (χ2n) is 10.4. The van der Waals surface area contributed by atoms with Crippen LogP contribution in [0.25, 0.3) is 22.2 Å². The third kappa shape index (κ3) is 5.21. The molecule has 1 amide bonds. The maximum Gasteiger partial charge on any atom is 0.257 e. The maximum atomic E-state index is 13.2. The number of aliphatic hydroxyl groups is 1. The van der Waals surface area contributed by atoms with Crippen LogP contribution in [0.1, 0.15) is 47.5 Å². The molecule has 1 saturated carbocycles. The van der Waals surface area contributed by atoms with Crippen LogP contribution in [0, 0.1) is 0 Å². The molecule has 1 saturated heterocycles. The Bertz CT molecular complexity index is 1230. The lowest BCUT2D eigenvalue weighted by Crippen LogP contribution is -2.48. The van der Waals surface area contributed by atoms with Gasteiger partial charge in [-0.3, -0.25) is 9.69 Å². The first-order chi connectivity index (χ1) is 18.0. The second kappa shape index (κ2) is 11.2. The lowest BCUT2D eigenvalue weighted by Gasteiger charge is -2.36. The van der Waals surface area contributed by atoms with Gasteiger partial charge in [-0.1, -0.05) is 12.8 Å². The predicted octanol–water partition coefficient (Wildman–Crippen LogP) is 3.11. The van der Waals surface area contributed by atoms with E-state index in [0.717, 1.165) is 61.2 Å². The number of H-pyrrole nitrogens is 1. The number of β-amino-alcohol motifs (C(OH)–C–C–N with tert-alkyl or cyclic N) is 1. The van der Waals surface area contributed by atoms with Crippen molar-refractivity contribution >= 4 is 22.8 Å². The molecule has 0 aromatic carbocycles. The number of ether oxygens (including phenoxy) is 1. The first-order valence-electron chi connectivity index (χ1n) is 13.3. The van der Waals surface area contributed by atoms with Gasteiger partial charge < -0.3 is 24.6 Å². The molecule has 2 fully saturated rings. The molecular weight excluding hydrogens is 468 g/mol. The number of nitrogens with zero attached hydrogens (tertiary/aromatic N) is 5. The third-order valence-electron chi connectivity index (χ3n) is 7.89. The number of piperazine rings is 1. The smallest absolute Gasteiger partial charge is 0.257 e. The van der Waals surface area contributed by atoms with Gasteiger partial charge in [-0.2, -0.15) is 0 Å². The molecule has 2 aliphatic rings. The molecular formula is C28H38N6O3.